The molecule has 1 saturated carbocycles. The number of rotatable bonds is 7. The number of primary amides is 1. The summed E-state index contributed by atoms with van der Waals surface area (Å²) in [5.41, 5.74) is 5.03. The molecule has 4 N–H and O–H groups in total. The molecule has 0 bridgehead atoms. The molecule has 0 heterocycles. The molecule has 3 amide bonds. The summed E-state index contributed by atoms with van der Waals surface area (Å²) in [6, 6.07) is 3.41. The molecule has 1 aromatic carbocycles. The maximum atomic E-state index is 13.8. The van der Waals surface area contributed by atoms with E-state index in [9.17, 15) is 27.6 Å². The summed E-state index contributed by atoms with van der Waals surface area (Å²) in [5, 5.41) is 5.00. The van der Waals surface area contributed by atoms with E-state index in [-0.39, 0.29) is 30.7 Å². The van der Waals surface area contributed by atoms with Crippen LogP contribution in [-0.2, 0) is 14.4 Å². The zero-order chi connectivity index (χ0) is 27.7. The average Bonchev–Trinajstić information content (AvgIpc) is 2.79. The predicted molar refractivity (Wildman–Crippen MR) is 134 cm³/mol. The monoisotopic (exact) mass is 512 g/mol. The van der Waals surface area contributed by atoms with Crippen molar-refractivity contribution in [3.63, 3.8) is 0 Å². The van der Waals surface area contributed by atoms with Gasteiger partial charge in [0, 0.05) is 25.5 Å². The number of nitrogens with zero attached hydrogens (tertiary/aromatic N) is 1. The Hall–Kier alpha value is -2.91. The number of carbonyl (C=O) groups is 3. The van der Waals surface area contributed by atoms with Crippen LogP contribution in [0.1, 0.15) is 70.9 Å². The van der Waals surface area contributed by atoms with E-state index >= 15 is 0 Å². The van der Waals surface area contributed by atoms with E-state index in [2.05, 4.69) is 22.5 Å². The Morgan fingerprint density at radius 2 is 1.78 bits per heavy atom. The van der Waals surface area contributed by atoms with E-state index in [1.807, 2.05) is 0 Å². The van der Waals surface area contributed by atoms with Crippen molar-refractivity contribution in [1.29, 1.82) is 0 Å². The number of hydrogen-bond donors (Lipinski definition) is 3. The van der Waals surface area contributed by atoms with Gasteiger partial charge in [-0.3, -0.25) is 19.4 Å². The third-order valence-corrected chi connectivity index (χ3v) is 6.22. The Bertz CT molecular complexity index is 948. The number of alkyl halides is 2. The van der Waals surface area contributed by atoms with Crippen LogP contribution in [0.4, 0.5) is 13.2 Å². The summed E-state index contributed by atoms with van der Waals surface area (Å²) >= 11 is 0. The number of nitrogens with one attached hydrogen (secondary N) is 2. The Morgan fingerprint density at radius 3 is 2.25 bits per heavy atom. The lowest BCUT2D eigenvalue weighted by Gasteiger charge is -2.30. The second-order valence-electron chi connectivity index (χ2n) is 10.1. The third-order valence-electron chi connectivity index (χ3n) is 6.22. The van der Waals surface area contributed by atoms with Gasteiger partial charge in [0.25, 0.3) is 5.91 Å². The van der Waals surface area contributed by atoms with Crippen LogP contribution >= 0.6 is 0 Å². The van der Waals surface area contributed by atoms with Crippen LogP contribution in [0.2, 0.25) is 0 Å². The molecule has 1 fully saturated rings. The van der Waals surface area contributed by atoms with Crippen molar-refractivity contribution in [3.8, 4) is 0 Å². The maximum Gasteiger partial charge on any atom is 0.270 e. The first-order valence-electron chi connectivity index (χ1n) is 12.1. The minimum absolute atomic E-state index is 0.0129. The number of halogens is 3. The summed E-state index contributed by atoms with van der Waals surface area (Å²) < 4.78 is 38.8. The topological polar surface area (TPSA) is 114 Å². The van der Waals surface area contributed by atoms with Gasteiger partial charge >= 0.3 is 0 Å². The van der Waals surface area contributed by atoms with Crippen LogP contribution in [-0.4, -0.2) is 49.0 Å². The fourth-order valence-corrected chi connectivity index (χ4v) is 3.87. The molecule has 0 saturated heterocycles. The number of benzene rings is 1. The molecule has 36 heavy (non-hydrogen) atoms. The molecule has 0 spiro atoms. The quantitative estimate of drug-likeness (QED) is 0.482. The van der Waals surface area contributed by atoms with E-state index in [1.54, 1.807) is 33.8 Å². The Morgan fingerprint density at radius 1 is 1.19 bits per heavy atom. The second-order valence-corrected chi connectivity index (χ2v) is 10.1. The first-order valence-corrected chi connectivity index (χ1v) is 12.1. The van der Waals surface area contributed by atoms with Crippen molar-refractivity contribution in [2.24, 2.45) is 22.1 Å². The number of aliphatic imine (C=N–C) groups is 1. The fourth-order valence-electron chi connectivity index (χ4n) is 3.87. The Kier molecular flexibility index (Phi) is 11.6. The van der Waals surface area contributed by atoms with Gasteiger partial charge in [-0.1, -0.05) is 46.2 Å². The molecule has 2 rings (SSSR count). The van der Waals surface area contributed by atoms with E-state index in [4.69, 9.17) is 5.73 Å². The molecular formula is C26H39F3N4O3. The van der Waals surface area contributed by atoms with Crippen molar-refractivity contribution in [2.75, 3.05) is 13.6 Å². The smallest absolute Gasteiger partial charge is 0.270 e. The molecule has 1 unspecified atom stereocenters. The summed E-state index contributed by atoms with van der Waals surface area (Å²) in [5.74, 6) is -4.08. The van der Waals surface area contributed by atoms with Gasteiger partial charge in [-0.05, 0) is 42.7 Å². The van der Waals surface area contributed by atoms with Gasteiger partial charge < -0.3 is 16.4 Å². The molecule has 7 nitrogen and oxygen atoms in total. The predicted octanol–water partition coefficient (Wildman–Crippen LogP) is 3.91. The van der Waals surface area contributed by atoms with Crippen molar-refractivity contribution in [1.82, 2.24) is 10.6 Å². The van der Waals surface area contributed by atoms with Crippen molar-refractivity contribution in [2.45, 2.75) is 78.7 Å². The Balaban J connectivity index is 0.000000537. The van der Waals surface area contributed by atoms with E-state index in [0.717, 1.165) is 19.3 Å². The van der Waals surface area contributed by atoms with E-state index in [1.165, 1.54) is 19.2 Å². The Labute approximate surface area is 211 Å². The van der Waals surface area contributed by atoms with Crippen LogP contribution in [0.3, 0.4) is 0 Å². The van der Waals surface area contributed by atoms with Gasteiger partial charge in [-0.15, -0.1) is 0 Å². The highest BCUT2D eigenvalue weighted by atomic mass is 19.3. The van der Waals surface area contributed by atoms with Crippen LogP contribution in [0.15, 0.2) is 23.2 Å². The largest absolute Gasteiger partial charge is 0.368 e. The molecule has 1 aliphatic carbocycles. The van der Waals surface area contributed by atoms with Gasteiger partial charge in [-0.2, -0.15) is 0 Å². The zero-order valence-corrected chi connectivity index (χ0v) is 22.0. The van der Waals surface area contributed by atoms with Gasteiger partial charge in [0.15, 0.2) is 0 Å². The molecule has 0 aliphatic heterocycles. The van der Waals surface area contributed by atoms with Crippen LogP contribution in [0.25, 0.3) is 0 Å². The average molecular weight is 513 g/mol. The zero-order valence-electron chi connectivity index (χ0n) is 22.0. The highest BCUT2D eigenvalue weighted by Gasteiger charge is 2.35. The third kappa shape index (κ3) is 9.62. The minimum Gasteiger partial charge on any atom is -0.368 e. The second kappa shape index (κ2) is 13.4. The van der Waals surface area contributed by atoms with E-state index < -0.39 is 40.9 Å². The maximum absolute atomic E-state index is 13.8. The molecule has 202 valence electrons. The standard InChI is InChI=1S/C18H25FN4O3.C8H14F2/c1-10-11(7-6-8-12(10)19)14(21-5)16(25)23-15(18(2,3)4)17(26)22-9-13(20)24;1-2-7-3-5-8(9,10)6-4-7/h6-8,15H,9H2,1-5H3,(H2,20,24)(H,22,26)(H,23,25);7H,2-6H2,1H3. The fraction of sp³-hybridized carbons (Fsp3) is 0.615. The first-order chi connectivity index (χ1) is 16.6. The van der Waals surface area contributed by atoms with Crippen LogP contribution in [0.5, 0.6) is 0 Å². The van der Waals surface area contributed by atoms with E-state index in [0.29, 0.717) is 11.5 Å². The molecule has 0 radical (unpaired) electrons. The molecule has 0 aromatic heterocycles. The van der Waals surface area contributed by atoms with Gasteiger partial charge in [0.05, 0.1) is 6.54 Å². The van der Waals surface area contributed by atoms with Gasteiger partial charge in [0.2, 0.25) is 17.7 Å². The molecule has 1 aromatic rings. The van der Waals surface area contributed by atoms with Crippen LogP contribution < -0.4 is 16.4 Å². The highest BCUT2D eigenvalue weighted by molar-refractivity contribution is 6.46. The molecule has 10 heteroatoms. The molecule has 1 atom stereocenters. The van der Waals surface area contributed by atoms with Gasteiger partial charge in [-0.25, -0.2) is 13.2 Å². The summed E-state index contributed by atoms with van der Waals surface area (Å²) in [6.07, 6.45) is 2.75. The minimum atomic E-state index is -2.34. The SMILES string of the molecule is CCC1CCC(F)(F)CC1.CN=C(C(=O)NC(C(=O)NCC(N)=O)C(C)(C)C)c1cccc(F)c1C. The van der Waals surface area contributed by atoms with Gasteiger partial charge in [0.1, 0.15) is 17.6 Å². The van der Waals surface area contributed by atoms with Crippen molar-refractivity contribution in [3.05, 3.63) is 35.1 Å². The number of amides is 3. The number of nitrogens with two attached hydrogens (primary N) is 1. The molecular weight excluding hydrogens is 473 g/mol. The summed E-state index contributed by atoms with van der Waals surface area (Å²) in [6.45, 7) is 8.57. The number of carbonyl (C=O) groups excluding carboxylic acids is 3. The highest BCUT2D eigenvalue weighted by Crippen LogP contribution is 2.37. The lowest BCUT2D eigenvalue weighted by molar-refractivity contribution is -0.130. The number of hydrogen-bond acceptors (Lipinski definition) is 4. The summed E-state index contributed by atoms with van der Waals surface area (Å²) in [7, 11) is 1.42. The lowest BCUT2D eigenvalue weighted by atomic mass is 9.85. The normalized spacial score (nSPS) is 16.9. The lowest BCUT2D eigenvalue weighted by Crippen LogP contribution is -2.56. The van der Waals surface area contributed by atoms with Crippen LogP contribution in [0, 0.1) is 24.1 Å². The summed E-state index contributed by atoms with van der Waals surface area (Å²) in [4.78, 5) is 39.9. The molecule has 1 aliphatic rings. The van der Waals surface area contributed by atoms with Crippen molar-refractivity contribution >= 4 is 23.4 Å². The first kappa shape index (κ1) is 31.1. The van der Waals surface area contributed by atoms with Crippen molar-refractivity contribution < 1.29 is 27.6 Å².